The van der Waals surface area contributed by atoms with E-state index in [-0.39, 0.29) is 10.9 Å². The van der Waals surface area contributed by atoms with Gasteiger partial charge in [-0.2, -0.15) is 4.98 Å². The maximum atomic E-state index is 10.5. The monoisotopic (exact) mass is 256 g/mol. The summed E-state index contributed by atoms with van der Waals surface area (Å²) >= 11 is 6.80. The van der Waals surface area contributed by atoms with Gasteiger partial charge in [0.15, 0.2) is 5.69 Å². The number of nitrogens with zero attached hydrogens (tertiary/aromatic N) is 2. The normalized spacial score (nSPS) is 10.3. The molecule has 0 saturated carbocycles. The van der Waals surface area contributed by atoms with E-state index < -0.39 is 5.97 Å². The number of pyridine rings is 1. The molecule has 1 N–H and O–H groups in total. The van der Waals surface area contributed by atoms with Crippen LogP contribution < -0.4 is 0 Å². The number of oxazole rings is 1. The van der Waals surface area contributed by atoms with Crippen LogP contribution in [0.5, 0.6) is 0 Å². The Kier molecular flexibility index (Phi) is 3.12. The van der Waals surface area contributed by atoms with Crippen molar-refractivity contribution in [3.05, 3.63) is 35.3 Å². The molecule has 0 aliphatic carbocycles. The molecule has 5 nitrogen and oxygen atoms in total. The average Bonchev–Trinajstić information content (AvgIpc) is 2.70. The smallest absolute Gasteiger partial charge is 0.357 e. The summed E-state index contributed by atoms with van der Waals surface area (Å²) in [6.07, 6.45) is 2.57. The van der Waals surface area contributed by atoms with Crippen molar-refractivity contribution in [2.45, 2.75) is 10.2 Å². The first-order valence-corrected chi connectivity index (χ1v) is 5.33. The molecule has 0 aliphatic heterocycles. The van der Waals surface area contributed by atoms with Crippen molar-refractivity contribution in [1.29, 1.82) is 0 Å². The van der Waals surface area contributed by atoms with E-state index in [1.54, 1.807) is 12.1 Å². The maximum Gasteiger partial charge on any atom is 0.357 e. The second-order valence-electron chi connectivity index (χ2n) is 2.72. The first-order valence-electron chi connectivity index (χ1n) is 4.13. The second-order valence-corrected chi connectivity index (χ2v) is 4.13. The third-order valence-electron chi connectivity index (χ3n) is 1.59. The highest BCUT2D eigenvalue weighted by atomic mass is 35.5. The van der Waals surface area contributed by atoms with Crippen molar-refractivity contribution in [2.75, 3.05) is 0 Å². The Bertz CT molecular complexity index is 512. The number of hydrogen-bond acceptors (Lipinski definition) is 5. The van der Waals surface area contributed by atoms with Crippen molar-refractivity contribution in [1.82, 2.24) is 9.97 Å². The highest BCUT2D eigenvalue weighted by Gasteiger charge is 2.11. The van der Waals surface area contributed by atoms with E-state index in [1.165, 1.54) is 6.20 Å². The molecule has 2 rings (SSSR count). The molecule has 82 valence electrons. The van der Waals surface area contributed by atoms with Gasteiger partial charge in [-0.05, 0) is 23.9 Å². The maximum absolute atomic E-state index is 10.5. The molecule has 2 heterocycles. The Morgan fingerprint density at radius 1 is 1.50 bits per heavy atom. The lowest BCUT2D eigenvalue weighted by Gasteiger charge is -1.94. The number of carboxylic acid groups (broad SMARTS) is 1. The molecule has 0 unspecified atom stereocenters. The summed E-state index contributed by atoms with van der Waals surface area (Å²) in [4.78, 5) is 18.3. The lowest BCUT2D eigenvalue weighted by atomic mass is 10.5. The highest BCUT2D eigenvalue weighted by Crippen LogP contribution is 2.25. The number of carbonyl (C=O) groups is 1. The van der Waals surface area contributed by atoms with Crippen LogP contribution in [0.15, 0.2) is 39.3 Å². The van der Waals surface area contributed by atoms with E-state index in [2.05, 4.69) is 9.97 Å². The number of aromatic carboxylic acids is 1. The number of rotatable bonds is 3. The van der Waals surface area contributed by atoms with Crippen LogP contribution in [0.1, 0.15) is 10.5 Å². The molecule has 0 bridgehead atoms. The van der Waals surface area contributed by atoms with Crippen LogP contribution in [0.25, 0.3) is 0 Å². The largest absolute Gasteiger partial charge is 0.476 e. The molecule has 0 spiro atoms. The molecule has 0 atom stereocenters. The first kappa shape index (κ1) is 11.0. The quantitative estimate of drug-likeness (QED) is 0.910. The molecule has 0 aromatic carbocycles. The summed E-state index contributed by atoms with van der Waals surface area (Å²) in [5, 5.41) is 10.0. The second kappa shape index (κ2) is 4.54. The van der Waals surface area contributed by atoms with E-state index in [1.807, 2.05) is 0 Å². The zero-order valence-corrected chi connectivity index (χ0v) is 9.33. The van der Waals surface area contributed by atoms with Gasteiger partial charge >= 0.3 is 5.97 Å². The Morgan fingerprint density at radius 3 is 2.88 bits per heavy atom. The van der Waals surface area contributed by atoms with Crippen molar-refractivity contribution >= 4 is 29.3 Å². The number of halogens is 1. The minimum Gasteiger partial charge on any atom is -0.476 e. The fourth-order valence-corrected chi connectivity index (χ4v) is 1.69. The van der Waals surface area contributed by atoms with Crippen LogP contribution in [-0.2, 0) is 0 Å². The van der Waals surface area contributed by atoms with Gasteiger partial charge in [0.1, 0.15) is 11.3 Å². The predicted molar refractivity (Wildman–Crippen MR) is 56.8 cm³/mol. The van der Waals surface area contributed by atoms with Crippen LogP contribution in [0.2, 0.25) is 5.02 Å². The summed E-state index contributed by atoms with van der Waals surface area (Å²) < 4.78 is 4.96. The minimum atomic E-state index is -1.13. The third-order valence-corrected chi connectivity index (χ3v) is 2.63. The topological polar surface area (TPSA) is 76.2 Å². The Balaban J connectivity index is 2.14. The van der Waals surface area contributed by atoms with Crippen LogP contribution in [0, 0.1) is 0 Å². The van der Waals surface area contributed by atoms with E-state index in [4.69, 9.17) is 21.1 Å². The fraction of sp³-hybridized carbons (Fsp3) is 0. The molecule has 7 heteroatoms. The summed E-state index contributed by atoms with van der Waals surface area (Å²) in [5.74, 6) is -1.13. The highest BCUT2D eigenvalue weighted by molar-refractivity contribution is 7.99. The van der Waals surface area contributed by atoms with Gasteiger partial charge in [0.2, 0.25) is 0 Å². The SMILES string of the molecule is O=C(O)c1coc(Sc2ccc(Cl)cn2)n1. The third kappa shape index (κ3) is 2.53. The van der Waals surface area contributed by atoms with Crippen molar-refractivity contribution in [2.24, 2.45) is 0 Å². The lowest BCUT2D eigenvalue weighted by molar-refractivity contribution is 0.0690. The first-order chi connectivity index (χ1) is 7.65. The molecular formula is C9H5ClN2O3S. The zero-order chi connectivity index (χ0) is 11.5. The predicted octanol–water partition coefficient (Wildman–Crippen LogP) is 2.57. The minimum absolute atomic E-state index is 0.128. The molecule has 0 fully saturated rings. The molecule has 2 aromatic rings. The Labute approximate surface area is 99.5 Å². The summed E-state index contributed by atoms with van der Waals surface area (Å²) in [6, 6.07) is 3.37. The molecule has 0 radical (unpaired) electrons. The van der Waals surface area contributed by atoms with Crippen LogP contribution in [0.4, 0.5) is 0 Å². The molecule has 2 aromatic heterocycles. The summed E-state index contributed by atoms with van der Waals surface area (Å²) in [7, 11) is 0. The number of hydrogen-bond donors (Lipinski definition) is 1. The zero-order valence-electron chi connectivity index (χ0n) is 7.75. The fourth-order valence-electron chi connectivity index (χ4n) is 0.914. The van der Waals surface area contributed by atoms with E-state index in [9.17, 15) is 4.79 Å². The summed E-state index contributed by atoms with van der Waals surface area (Å²) in [6.45, 7) is 0. The Hall–Kier alpha value is -1.53. The van der Waals surface area contributed by atoms with Gasteiger partial charge in [-0.15, -0.1) is 0 Å². The van der Waals surface area contributed by atoms with Gasteiger partial charge in [0.25, 0.3) is 5.22 Å². The van der Waals surface area contributed by atoms with Crippen molar-refractivity contribution in [3.63, 3.8) is 0 Å². The van der Waals surface area contributed by atoms with Crippen molar-refractivity contribution < 1.29 is 14.3 Å². The van der Waals surface area contributed by atoms with Gasteiger partial charge in [0.05, 0.1) is 5.02 Å². The van der Waals surface area contributed by atoms with Gasteiger partial charge < -0.3 is 9.52 Å². The van der Waals surface area contributed by atoms with E-state index >= 15 is 0 Å². The van der Waals surface area contributed by atoms with Crippen LogP contribution in [-0.4, -0.2) is 21.0 Å². The van der Waals surface area contributed by atoms with Crippen LogP contribution >= 0.6 is 23.4 Å². The van der Waals surface area contributed by atoms with Crippen molar-refractivity contribution in [3.8, 4) is 0 Å². The molecule has 0 amide bonds. The van der Waals surface area contributed by atoms with Gasteiger partial charge in [0, 0.05) is 6.20 Å². The average molecular weight is 257 g/mol. The van der Waals surface area contributed by atoms with Gasteiger partial charge in [-0.25, -0.2) is 9.78 Å². The van der Waals surface area contributed by atoms with Gasteiger partial charge in [-0.3, -0.25) is 0 Å². The molecular weight excluding hydrogens is 252 g/mol. The van der Waals surface area contributed by atoms with Gasteiger partial charge in [-0.1, -0.05) is 11.6 Å². The number of aromatic nitrogens is 2. The number of carboxylic acids is 1. The van der Waals surface area contributed by atoms with E-state index in [0.29, 0.717) is 10.0 Å². The van der Waals surface area contributed by atoms with Crippen LogP contribution in [0.3, 0.4) is 0 Å². The molecule has 16 heavy (non-hydrogen) atoms. The van der Waals surface area contributed by atoms with E-state index in [0.717, 1.165) is 18.0 Å². The lowest BCUT2D eigenvalue weighted by Crippen LogP contribution is -1.95. The Morgan fingerprint density at radius 2 is 2.31 bits per heavy atom. The summed E-state index contributed by atoms with van der Waals surface area (Å²) in [5.41, 5.74) is -0.128. The molecule has 0 saturated heterocycles. The standard InChI is InChI=1S/C9H5ClN2O3S/c10-5-1-2-7(11-3-5)16-9-12-6(4-15-9)8(13)14/h1-4H,(H,13,14). The molecule has 0 aliphatic rings.